The van der Waals surface area contributed by atoms with Gasteiger partial charge in [0.25, 0.3) is 11.8 Å². The lowest BCUT2D eigenvalue weighted by Gasteiger charge is -2.21. The first kappa shape index (κ1) is 35.1. The van der Waals surface area contributed by atoms with Gasteiger partial charge in [-0.15, -0.1) is 0 Å². The summed E-state index contributed by atoms with van der Waals surface area (Å²) in [5.41, 5.74) is 7.49. The van der Waals surface area contributed by atoms with Crippen molar-refractivity contribution in [3.63, 3.8) is 0 Å². The lowest BCUT2D eigenvalue weighted by Crippen LogP contribution is -2.44. The second kappa shape index (κ2) is 14.8. The van der Waals surface area contributed by atoms with Gasteiger partial charge in [-0.1, -0.05) is 24.0 Å². The summed E-state index contributed by atoms with van der Waals surface area (Å²) in [7, 11) is 1.65. The fourth-order valence-electron chi connectivity index (χ4n) is 4.42. The number of carbonyl (C=O) groups excluding carboxylic acids is 4. The third-order valence-corrected chi connectivity index (χ3v) is 6.61. The van der Waals surface area contributed by atoms with Crippen LogP contribution in [0.3, 0.4) is 0 Å². The van der Waals surface area contributed by atoms with Gasteiger partial charge in [-0.05, 0) is 90.1 Å². The summed E-state index contributed by atoms with van der Waals surface area (Å²) in [5, 5.41) is 0.521. The van der Waals surface area contributed by atoms with E-state index in [4.69, 9.17) is 14.5 Å². The fraction of sp³-hybridized carbons (Fsp3) is 0.297. The minimum Gasteiger partial charge on any atom is -0.460 e. The van der Waals surface area contributed by atoms with Gasteiger partial charge in [0.2, 0.25) is 0 Å². The number of ether oxygens (including phenoxy) is 2. The maximum atomic E-state index is 13.1. The Morgan fingerprint density at radius 1 is 0.812 bits per heavy atom. The minimum atomic E-state index is -0.784. The molecule has 0 bridgehead atoms. The van der Waals surface area contributed by atoms with Crippen molar-refractivity contribution >= 4 is 34.8 Å². The summed E-state index contributed by atoms with van der Waals surface area (Å²) >= 11 is 0. The normalized spacial score (nSPS) is 11.1. The molecule has 2 aromatic heterocycles. The minimum absolute atomic E-state index is 0.111. The van der Waals surface area contributed by atoms with Crippen LogP contribution in [0.4, 0.5) is 4.79 Å². The van der Waals surface area contributed by atoms with Gasteiger partial charge in [-0.3, -0.25) is 24.8 Å². The van der Waals surface area contributed by atoms with Gasteiger partial charge in [0, 0.05) is 53.6 Å². The predicted molar refractivity (Wildman–Crippen MR) is 182 cm³/mol. The van der Waals surface area contributed by atoms with E-state index in [9.17, 15) is 19.2 Å². The Balaban J connectivity index is 1.43. The number of nitrogens with zero attached hydrogens (tertiary/aromatic N) is 3. The number of benzene rings is 2. The highest BCUT2D eigenvalue weighted by Gasteiger charge is 2.20. The molecule has 3 amide bonds. The third-order valence-electron chi connectivity index (χ3n) is 6.61. The van der Waals surface area contributed by atoms with E-state index in [0.717, 1.165) is 16.7 Å². The molecule has 2 aromatic carbocycles. The molecule has 248 valence electrons. The van der Waals surface area contributed by atoms with Gasteiger partial charge in [-0.25, -0.2) is 15.2 Å². The lowest BCUT2D eigenvalue weighted by molar-refractivity contribution is -0.154. The Morgan fingerprint density at radius 2 is 1.42 bits per heavy atom. The topological polar surface area (TPSA) is 140 Å². The van der Waals surface area contributed by atoms with Gasteiger partial charge in [0.15, 0.2) is 0 Å². The molecule has 0 unspecified atom stereocenters. The Bertz CT molecular complexity index is 1880. The number of amides is 3. The van der Waals surface area contributed by atoms with Gasteiger partial charge >= 0.3 is 12.1 Å². The smallest absolute Gasteiger partial charge is 0.426 e. The molecule has 2 heterocycles. The molecule has 0 saturated carbocycles. The van der Waals surface area contributed by atoms with E-state index in [1.807, 2.05) is 24.3 Å². The molecule has 0 radical (unpaired) electrons. The van der Waals surface area contributed by atoms with Crippen molar-refractivity contribution in [2.24, 2.45) is 0 Å². The van der Waals surface area contributed by atoms with Crippen LogP contribution in [0.25, 0.3) is 22.2 Å². The zero-order chi connectivity index (χ0) is 35.1. The van der Waals surface area contributed by atoms with Gasteiger partial charge in [0.1, 0.15) is 11.2 Å². The SMILES string of the molecule is CN(CCC(=O)OC(C)(C)C)C(=O)c1ccc(C#Cc2ccc(-c3cc(C(=O)NNC(=O)OC(C)(C)C)c4cnccc4n3)cc2)cc1. The molecule has 0 spiro atoms. The molecule has 0 aliphatic heterocycles. The highest BCUT2D eigenvalue weighted by atomic mass is 16.6. The van der Waals surface area contributed by atoms with Crippen molar-refractivity contribution in [1.29, 1.82) is 0 Å². The standard InChI is InChI=1S/C37H39N5O6/c1-36(2,3)47-32(43)19-21-42(7)34(45)27-16-12-25(13-17-27)9-8-24-10-14-26(15-11-24)31-22-28(29-23-38-20-18-30(29)39-31)33(44)40-41-35(46)48-37(4,5)6/h10-18,20,22-23H,19,21H2,1-7H3,(H,40,44)(H,41,46). The van der Waals surface area contributed by atoms with Crippen molar-refractivity contribution in [3.8, 4) is 23.1 Å². The van der Waals surface area contributed by atoms with Crippen molar-refractivity contribution in [3.05, 3.63) is 95.3 Å². The molecule has 11 nitrogen and oxygen atoms in total. The Hall–Kier alpha value is -5.76. The highest BCUT2D eigenvalue weighted by molar-refractivity contribution is 6.07. The van der Waals surface area contributed by atoms with Gasteiger partial charge in [-0.2, -0.15) is 0 Å². The Labute approximate surface area is 280 Å². The molecular formula is C37H39N5O6. The molecule has 4 rings (SSSR count). The Kier molecular flexibility index (Phi) is 10.8. The molecule has 0 fully saturated rings. The van der Waals surface area contributed by atoms with Crippen LogP contribution >= 0.6 is 0 Å². The molecule has 2 N–H and O–H groups in total. The highest BCUT2D eigenvalue weighted by Crippen LogP contribution is 2.25. The average Bonchev–Trinajstić information content (AvgIpc) is 3.03. The molecule has 4 aromatic rings. The number of fused-ring (bicyclic) bond motifs is 1. The first-order valence-corrected chi connectivity index (χ1v) is 15.3. The summed E-state index contributed by atoms with van der Waals surface area (Å²) in [6, 6.07) is 17.7. The molecular weight excluding hydrogens is 610 g/mol. The molecule has 0 saturated heterocycles. The van der Waals surface area contributed by atoms with Crippen LogP contribution in [-0.2, 0) is 14.3 Å². The van der Waals surface area contributed by atoms with E-state index in [2.05, 4.69) is 27.7 Å². The number of hydrogen-bond donors (Lipinski definition) is 2. The van der Waals surface area contributed by atoms with E-state index in [-0.39, 0.29) is 30.4 Å². The summed E-state index contributed by atoms with van der Waals surface area (Å²) in [6.45, 7) is 10.8. The van der Waals surface area contributed by atoms with Crippen LogP contribution in [0.2, 0.25) is 0 Å². The molecule has 48 heavy (non-hydrogen) atoms. The van der Waals surface area contributed by atoms with Crippen molar-refractivity contribution in [2.75, 3.05) is 13.6 Å². The summed E-state index contributed by atoms with van der Waals surface area (Å²) in [5.74, 6) is 5.12. The van der Waals surface area contributed by atoms with Crippen molar-refractivity contribution < 1.29 is 28.7 Å². The maximum Gasteiger partial charge on any atom is 0.426 e. The number of pyridine rings is 2. The zero-order valence-corrected chi connectivity index (χ0v) is 28.1. The second-order valence-corrected chi connectivity index (χ2v) is 13.0. The van der Waals surface area contributed by atoms with Crippen LogP contribution in [0.1, 0.15) is 79.8 Å². The van der Waals surface area contributed by atoms with Gasteiger partial charge in [0.05, 0.1) is 23.2 Å². The number of hydrogen-bond acceptors (Lipinski definition) is 8. The van der Waals surface area contributed by atoms with E-state index in [1.54, 1.807) is 97.4 Å². The summed E-state index contributed by atoms with van der Waals surface area (Å²) in [4.78, 5) is 60.2. The molecule has 0 aliphatic rings. The largest absolute Gasteiger partial charge is 0.460 e. The van der Waals surface area contributed by atoms with Crippen molar-refractivity contribution in [1.82, 2.24) is 25.7 Å². The maximum absolute atomic E-state index is 13.1. The first-order chi connectivity index (χ1) is 22.6. The Morgan fingerprint density at radius 3 is 2.02 bits per heavy atom. The number of rotatable bonds is 6. The number of hydrazine groups is 1. The average molecular weight is 650 g/mol. The van der Waals surface area contributed by atoms with Crippen LogP contribution in [0, 0.1) is 11.8 Å². The molecule has 11 heteroatoms. The van der Waals surface area contributed by atoms with E-state index in [1.165, 1.54) is 4.90 Å². The van der Waals surface area contributed by atoms with Crippen LogP contribution in [0.5, 0.6) is 0 Å². The third kappa shape index (κ3) is 10.1. The number of carbonyl (C=O) groups is 4. The van der Waals surface area contributed by atoms with E-state index >= 15 is 0 Å². The summed E-state index contributed by atoms with van der Waals surface area (Å²) in [6.07, 6.45) is 2.46. The van der Waals surface area contributed by atoms with Crippen molar-refractivity contribution in [2.45, 2.75) is 59.2 Å². The zero-order valence-electron chi connectivity index (χ0n) is 28.1. The quantitative estimate of drug-likeness (QED) is 0.155. The molecule has 0 aliphatic carbocycles. The number of aromatic nitrogens is 2. The number of nitrogens with one attached hydrogen (secondary N) is 2. The predicted octanol–water partition coefficient (Wildman–Crippen LogP) is 5.67. The lowest BCUT2D eigenvalue weighted by atomic mass is 10.0. The van der Waals surface area contributed by atoms with Crippen LogP contribution < -0.4 is 10.9 Å². The van der Waals surface area contributed by atoms with Crippen LogP contribution in [-0.4, -0.2) is 63.5 Å². The van der Waals surface area contributed by atoms with Crippen LogP contribution in [0.15, 0.2) is 73.1 Å². The fourth-order valence-corrected chi connectivity index (χ4v) is 4.42. The van der Waals surface area contributed by atoms with Gasteiger partial charge < -0.3 is 14.4 Å². The van der Waals surface area contributed by atoms with E-state index < -0.39 is 23.2 Å². The summed E-state index contributed by atoms with van der Waals surface area (Å²) < 4.78 is 10.5. The van der Waals surface area contributed by atoms with E-state index in [0.29, 0.717) is 22.2 Å². The molecule has 0 atom stereocenters. The second-order valence-electron chi connectivity index (χ2n) is 13.0. The monoisotopic (exact) mass is 649 g/mol. The number of esters is 1. The first-order valence-electron chi connectivity index (χ1n) is 15.3.